The molecule has 0 amide bonds. The van der Waals surface area contributed by atoms with Gasteiger partial charge in [-0.25, -0.2) is 4.79 Å². The van der Waals surface area contributed by atoms with Gasteiger partial charge in [-0.3, -0.25) is 0 Å². The van der Waals surface area contributed by atoms with Gasteiger partial charge < -0.3 is 14.8 Å². The highest BCUT2D eigenvalue weighted by Crippen LogP contribution is 2.19. The predicted octanol–water partition coefficient (Wildman–Crippen LogP) is 3.63. The van der Waals surface area contributed by atoms with E-state index in [-0.39, 0.29) is 17.2 Å². The van der Waals surface area contributed by atoms with Crippen LogP contribution in [-0.4, -0.2) is 28.0 Å². The molecule has 132 valence electrons. The first-order chi connectivity index (χ1) is 12.6. The molecular formula is C18H15ClN4O3. The largest absolute Gasteiger partial charge is 0.465 e. The van der Waals surface area contributed by atoms with Crippen LogP contribution >= 0.6 is 11.6 Å². The van der Waals surface area contributed by atoms with Gasteiger partial charge in [-0.1, -0.05) is 36.4 Å². The Morgan fingerprint density at radius 3 is 2.65 bits per heavy atom. The first-order valence-electron chi connectivity index (χ1n) is 7.68. The second-order valence-electron chi connectivity index (χ2n) is 5.18. The van der Waals surface area contributed by atoms with E-state index in [1.54, 1.807) is 24.3 Å². The number of carbonyl (C=O) groups is 1. The van der Waals surface area contributed by atoms with Gasteiger partial charge in [0.25, 0.3) is 0 Å². The number of halogens is 1. The summed E-state index contributed by atoms with van der Waals surface area (Å²) in [6, 6.07) is 16.5. The van der Waals surface area contributed by atoms with Crippen LogP contribution in [-0.2, 0) is 11.3 Å². The van der Waals surface area contributed by atoms with Crippen LogP contribution in [0.15, 0.2) is 54.6 Å². The van der Waals surface area contributed by atoms with Gasteiger partial charge in [0.1, 0.15) is 6.61 Å². The zero-order valence-electron chi connectivity index (χ0n) is 13.8. The number of benzene rings is 2. The summed E-state index contributed by atoms with van der Waals surface area (Å²) in [6.07, 6.45) is 0. The number of esters is 1. The van der Waals surface area contributed by atoms with Crippen LogP contribution in [0.25, 0.3) is 0 Å². The second-order valence-corrected chi connectivity index (χ2v) is 5.52. The third-order valence-electron chi connectivity index (χ3n) is 3.34. The van der Waals surface area contributed by atoms with Crippen molar-refractivity contribution in [2.75, 3.05) is 12.4 Å². The van der Waals surface area contributed by atoms with Gasteiger partial charge in [-0.2, -0.15) is 15.0 Å². The van der Waals surface area contributed by atoms with Gasteiger partial charge in [0, 0.05) is 5.69 Å². The fourth-order valence-corrected chi connectivity index (χ4v) is 2.30. The molecule has 2 aromatic carbocycles. The van der Waals surface area contributed by atoms with Crippen molar-refractivity contribution >= 4 is 29.2 Å². The molecule has 0 spiro atoms. The van der Waals surface area contributed by atoms with E-state index >= 15 is 0 Å². The zero-order chi connectivity index (χ0) is 18.4. The molecule has 0 atom stereocenters. The molecule has 0 saturated carbocycles. The van der Waals surface area contributed by atoms with E-state index in [0.29, 0.717) is 17.9 Å². The average Bonchev–Trinajstić information content (AvgIpc) is 2.66. The van der Waals surface area contributed by atoms with E-state index in [2.05, 4.69) is 20.3 Å². The van der Waals surface area contributed by atoms with Crippen molar-refractivity contribution in [1.82, 2.24) is 15.0 Å². The Morgan fingerprint density at radius 1 is 1.08 bits per heavy atom. The van der Waals surface area contributed by atoms with Gasteiger partial charge in [0.05, 0.1) is 12.7 Å². The van der Waals surface area contributed by atoms with Crippen LogP contribution < -0.4 is 10.1 Å². The highest BCUT2D eigenvalue weighted by atomic mass is 35.5. The molecule has 0 radical (unpaired) electrons. The molecule has 0 aliphatic carbocycles. The van der Waals surface area contributed by atoms with Crippen molar-refractivity contribution in [2.45, 2.75) is 6.61 Å². The summed E-state index contributed by atoms with van der Waals surface area (Å²) in [6.45, 7) is 0.304. The number of ether oxygens (including phenoxy) is 2. The lowest BCUT2D eigenvalue weighted by Crippen LogP contribution is -2.05. The van der Waals surface area contributed by atoms with Crippen molar-refractivity contribution in [3.8, 4) is 6.01 Å². The maximum absolute atomic E-state index is 11.6. The quantitative estimate of drug-likeness (QED) is 0.663. The van der Waals surface area contributed by atoms with Gasteiger partial charge in [-0.05, 0) is 35.4 Å². The molecule has 0 saturated heterocycles. The summed E-state index contributed by atoms with van der Waals surface area (Å²) in [7, 11) is 1.32. The number of nitrogens with zero attached hydrogens (tertiary/aromatic N) is 3. The van der Waals surface area contributed by atoms with Crippen molar-refractivity contribution in [2.24, 2.45) is 0 Å². The lowest BCUT2D eigenvalue weighted by Gasteiger charge is -2.09. The third-order valence-corrected chi connectivity index (χ3v) is 3.51. The Kier molecular flexibility index (Phi) is 5.60. The first kappa shape index (κ1) is 17.6. The number of hydrogen-bond donors (Lipinski definition) is 1. The average molecular weight is 371 g/mol. The van der Waals surface area contributed by atoms with Crippen molar-refractivity contribution < 1.29 is 14.3 Å². The van der Waals surface area contributed by atoms with Crippen molar-refractivity contribution in [1.29, 1.82) is 0 Å². The van der Waals surface area contributed by atoms with Gasteiger partial charge in [-0.15, -0.1) is 0 Å². The predicted molar refractivity (Wildman–Crippen MR) is 96.7 cm³/mol. The van der Waals surface area contributed by atoms with Crippen LogP contribution in [0.4, 0.5) is 11.6 Å². The Hall–Kier alpha value is -3.19. The normalized spacial score (nSPS) is 10.2. The molecule has 3 aromatic rings. The summed E-state index contributed by atoms with van der Waals surface area (Å²) in [5.74, 6) is -0.232. The fourth-order valence-electron chi connectivity index (χ4n) is 2.15. The van der Waals surface area contributed by atoms with Gasteiger partial charge in [0.2, 0.25) is 11.2 Å². The minimum absolute atomic E-state index is 0.00492. The standard InChI is InChI=1S/C18H15ClN4O3/c1-25-15(24)13-8-5-9-14(10-13)20-17-21-16(19)22-18(23-17)26-11-12-6-3-2-4-7-12/h2-10H,11H2,1H3,(H,20,21,22,23). The molecular weight excluding hydrogens is 356 g/mol. The molecule has 0 fully saturated rings. The monoisotopic (exact) mass is 370 g/mol. The molecule has 1 heterocycles. The molecule has 26 heavy (non-hydrogen) atoms. The van der Waals surface area contributed by atoms with E-state index in [1.807, 2.05) is 30.3 Å². The lowest BCUT2D eigenvalue weighted by molar-refractivity contribution is 0.0601. The third kappa shape index (κ3) is 4.67. The number of anilines is 2. The highest BCUT2D eigenvalue weighted by Gasteiger charge is 2.09. The molecule has 3 rings (SSSR count). The van der Waals surface area contributed by atoms with E-state index < -0.39 is 5.97 Å². The molecule has 7 nitrogen and oxygen atoms in total. The number of rotatable bonds is 6. The molecule has 0 bridgehead atoms. The summed E-state index contributed by atoms with van der Waals surface area (Å²) in [5, 5.41) is 2.96. The first-order valence-corrected chi connectivity index (χ1v) is 8.05. The van der Waals surface area contributed by atoms with Crippen LogP contribution in [0.1, 0.15) is 15.9 Å². The number of methoxy groups -OCH3 is 1. The van der Waals surface area contributed by atoms with Crippen LogP contribution in [0.2, 0.25) is 5.28 Å². The van der Waals surface area contributed by atoms with Crippen LogP contribution in [0.5, 0.6) is 6.01 Å². The smallest absolute Gasteiger partial charge is 0.337 e. The second kappa shape index (κ2) is 8.26. The van der Waals surface area contributed by atoms with Gasteiger partial charge in [0.15, 0.2) is 0 Å². The van der Waals surface area contributed by atoms with Crippen LogP contribution in [0.3, 0.4) is 0 Å². The Morgan fingerprint density at radius 2 is 1.88 bits per heavy atom. The number of carbonyl (C=O) groups excluding carboxylic acids is 1. The minimum atomic E-state index is -0.436. The maximum atomic E-state index is 11.6. The topological polar surface area (TPSA) is 86.2 Å². The summed E-state index contributed by atoms with van der Waals surface area (Å²) in [4.78, 5) is 23.8. The minimum Gasteiger partial charge on any atom is -0.465 e. The lowest BCUT2D eigenvalue weighted by atomic mass is 10.2. The SMILES string of the molecule is COC(=O)c1cccc(Nc2nc(Cl)nc(OCc3ccccc3)n2)c1. The molecule has 0 aliphatic rings. The van der Waals surface area contributed by atoms with Crippen molar-refractivity contribution in [3.05, 3.63) is 71.0 Å². The molecule has 0 unspecified atom stereocenters. The van der Waals surface area contributed by atoms with E-state index in [4.69, 9.17) is 21.1 Å². The highest BCUT2D eigenvalue weighted by molar-refractivity contribution is 6.28. The molecule has 8 heteroatoms. The van der Waals surface area contributed by atoms with Crippen molar-refractivity contribution in [3.63, 3.8) is 0 Å². The van der Waals surface area contributed by atoms with Gasteiger partial charge >= 0.3 is 12.0 Å². The number of nitrogens with one attached hydrogen (secondary N) is 1. The number of hydrogen-bond acceptors (Lipinski definition) is 7. The number of aromatic nitrogens is 3. The maximum Gasteiger partial charge on any atom is 0.337 e. The Labute approximate surface area is 155 Å². The molecule has 0 aliphatic heterocycles. The molecule has 1 aromatic heterocycles. The van der Waals surface area contributed by atoms with E-state index in [1.165, 1.54) is 7.11 Å². The summed E-state index contributed by atoms with van der Waals surface area (Å²) in [5.41, 5.74) is 1.98. The Bertz CT molecular complexity index is 906. The van der Waals surface area contributed by atoms with Crippen LogP contribution in [0, 0.1) is 0 Å². The summed E-state index contributed by atoms with van der Waals surface area (Å²) >= 11 is 5.95. The zero-order valence-corrected chi connectivity index (χ0v) is 14.6. The molecule has 1 N–H and O–H groups in total. The van der Waals surface area contributed by atoms with E-state index in [9.17, 15) is 4.79 Å². The Balaban J connectivity index is 1.74. The summed E-state index contributed by atoms with van der Waals surface area (Å²) < 4.78 is 10.3. The fraction of sp³-hybridized carbons (Fsp3) is 0.111. The van der Waals surface area contributed by atoms with E-state index in [0.717, 1.165) is 5.56 Å².